The van der Waals surface area contributed by atoms with Gasteiger partial charge in [0.15, 0.2) is 19.7 Å². The Morgan fingerprint density at radius 2 is 1.63 bits per heavy atom. The first-order valence-electron chi connectivity index (χ1n) is 6.08. The number of para-hydroxylation sites is 1. The highest BCUT2D eigenvalue weighted by atomic mass is 32.2. The first kappa shape index (κ1) is 16.0. The summed E-state index contributed by atoms with van der Waals surface area (Å²) in [7, 11) is -6.37. The van der Waals surface area contributed by atoms with E-state index in [9.17, 15) is 16.8 Å². The lowest BCUT2D eigenvalue weighted by Crippen LogP contribution is -2.18. The molecule has 0 spiro atoms. The van der Waals surface area contributed by atoms with E-state index < -0.39 is 19.7 Å². The highest BCUT2D eigenvalue weighted by Gasteiger charge is 2.16. The maximum absolute atomic E-state index is 11.9. The van der Waals surface area contributed by atoms with Gasteiger partial charge in [-0.1, -0.05) is 26.0 Å². The molecule has 108 valence electrons. The molecule has 7 heteroatoms. The van der Waals surface area contributed by atoms with Crippen molar-refractivity contribution in [2.45, 2.75) is 18.7 Å². The molecule has 0 unspecified atom stereocenters. The standard InChI is InChI=1S/C12H19NO4S2/c1-3-18(14,15)10-9-13-11-7-5-6-8-12(11)19(16,17)4-2/h5-8,13H,3-4,9-10H2,1-2H3. The summed E-state index contributed by atoms with van der Waals surface area (Å²) in [5, 5.41) is 2.89. The fourth-order valence-corrected chi connectivity index (χ4v) is 3.30. The molecule has 0 radical (unpaired) electrons. The summed E-state index contributed by atoms with van der Waals surface area (Å²) in [6.07, 6.45) is 0. The van der Waals surface area contributed by atoms with Crippen LogP contribution in [0.4, 0.5) is 5.69 Å². The zero-order chi connectivity index (χ0) is 14.5. The molecular weight excluding hydrogens is 286 g/mol. The number of nitrogens with one attached hydrogen (secondary N) is 1. The predicted octanol–water partition coefficient (Wildman–Crippen LogP) is 1.33. The molecule has 0 aromatic heterocycles. The number of sulfone groups is 2. The fraction of sp³-hybridized carbons (Fsp3) is 0.500. The molecule has 1 aromatic rings. The number of anilines is 1. The molecule has 0 fully saturated rings. The van der Waals surface area contributed by atoms with Gasteiger partial charge in [0.25, 0.3) is 0 Å². The van der Waals surface area contributed by atoms with Gasteiger partial charge in [0.2, 0.25) is 0 Å². The Morgan fingerprint density at radius 3 is 2.21 bits per heavy atom. The Balaban J connectivity index is 2.86. The molecule has 19 heavy (non-hydrogen) atoms. The highest BCUT2D eigenvalue weighted by Crippen LogP contribution is 2.21. The Morgan fingerprint density at radius 1 is 1.00 bits per heavy atom. The highest BCUT2D eigenvalue weighted by molar-refractivity contribution is 7.91. The largest absolute Gasteiger partial charge is 0.383 e. The summed E-state index contributed by atoms with van der Waals surface area (Å²) >= 11 is 0. The van der Waals surface area contributed by atoms with Gasteiger partial charge >= 0.3 is 0 Å². The summed E-state index contributed by atoms with van der Waals surface area (Å²) in [5.74, 6) is 0.0898. The summed E-state index contributed by atoms with van der Waals surface area (Å²) in [6.45, 7) is 3.37. The van der Waals surface area contributed by atoms with E-state index in [1.54, 1.807) is 32.0 Å². The van der Waals surface area contributed by atoms with Gasteiger partial charge in [-0.2, -0.15) is 0 Å². The van der Waals surface area contributed by atoms with Crippen LogP contribution in [-0.2, 0) is 19.7 Å². The molecule has 0 saturated carbocycles. The topological polar surface area (TPSA) is 80.3 Å². The monoisotopic (exact) mass is 305 g/mol. The van der Waals surface area contributed by atoms with Gasteiger partial charge in [-0.25, -0.2) is 16.8 Å². The minimum atomic E-state index is -3.31. The second-order valence-electron chi connectivity index (χ2n) is 4.06. The lowest BCUT2D eigenvalue weighted by molar-refractivity contribution is 0.597. The molecule has 0 aliphatic carbocycles. The smallest absolute Gasteiger partial charge is 0.180 e. The van der Waals surface area contributed by atoms with Crippen LogP contribution < -0.4 is 5.32 Å². The van der Waals surface area contributed by atoms with Gasteiger partial charge in [0.1, 0.15) is 0 Å². The predicted molar refractivity (Wildman–Crippen MR) is 77.0 cm³/mol. The average molecular weight is 305 g/mol. The Labute approximate surface area is 114 Å². The van der Waals surface area contributed by atoms with Crippen LogP contribution in [0.15, 0.2) is 29.2 Å². The van der Waals surface area contributed by atoms with E-state index in [1.807, 2.05) is 0 Å². The van der Waals surface area contributed by atoms with E-state index in [0.29, 0.717) is 5.69 Å². The van der Waals surface area contributed by atoms with Gasteiger partial charge in [-0.05, 0) is 12.1 Å². The minimum Gasteiger partial charge on any atom is -0.383 e. The molecule has 1 aromatic carbocycles. The number of benzene rings is 1. The third-order valence-corrected chi connectivity index (χ3v) is 6.26. The Hall–Kier alpha value is -1.08. The third-order valence-electron chi connectivity index (χ3n) is 2.77. The first-order valence-corrected chi connectivity index (χ1v) is 9.56. The molecule has 5 nitrogen and oxygen atoms in total. The maximum atomic E-state index is 11.9. The van der Waals surface area contributed by atoms with Gasteiger partial charge < -0.3 is 5.32 Å². The van der Waals surface area contributed by atoms with Crippen molar-refractivity contribution in [1.82, 2.24) is 0 Å². The molecule has 0 aliphatic heterocycles. The summed E-state index contributed by atoms with van der Waals surface area (Å²) in [4.78, 5) is 0.214. The molecule has 0 bridgehead atoms. The van der Waals surface area contributed by atoms with Gasteiger partial charge in [0, 0.05) is 12.3 Å². The molecule has 0 amide bonds. The van der Waals surface area contributed by atoms with Gasteiger partial charge in [0.05, 0.1) is 22.1 Å². The van der Waals surface area contributed by atoms with Crippen molar-refractivity contribution < 1.29 is 16.8 Å². The zero-order valence-electron chi connectivity index (χ0n) is 11.1. The maximum Gasteiger partial charge on any atom is 0.180 e. The first-order chi connectivity index (χ1) is 8.82. The van der Waals surface area contributed by atoms with Crippen LogP contribution in [0.5, 0.6) is 0 Å². The second-order valence-corrected chi connectivity index (χ2v) is 8.78. The second kappa shape index (κ2) is 6.38. The van der Waals surface area contributed by atoms with Crippen molar-refractivity contribution in [2.75, 3.05) is 29.1 Å². The molecule has 0 aliphatic rings. The van der Waals surface area contributed by atoms with Crippen molar-refractivity contribution in [3.05, 3.63) is 24.3 Å². The third kappa shape index (κ3) is 4.50. The molecule has 0 saturated heterocycles. The van der Waals surface area contributed by atoms with Crippen molar-refractivity contribution in [3.63, 3.8) is 0 Å². The minimum absolute atomic E-state index is 0.00991. The molecule has 0 atom stereocenters. The SMILES string of the molecule is CCS(=O)(=O)CCNc1ccccc1S(=O)(=O)CC. The van der Waals surface area contributed by atoms with Crippen LogP contribution in [0.1, 0.15) is 13.8 Å². The summed E-state index contributed by atoms with van der Waals surface area (Å²) in [5.41, 5.74) is 0.454. The van der Waals surface area contributed by atoms with E-state index in [4.69, 9.17) is 0 Å². The summed E-state index contributed by atoms with van der Waals surface area (Å²) < 4.78 is 46.5. The van der Waals surface area contributed by atoms with Crippen LogP contribution in [0.25, 0.3) is 0 Å². The van der Waals surface area contributed by atoms with Crippen LogP contribution in [0, 0.1) is 0 Å². The van der Waals surface area contributed by atoms with Crippen molar-refractivity contribution in [3.8, 4) is 0 Å². The van der Waals surface area contributed by atoms with Crippen molar-refractivity contribution in [1.29, 1.82) is 0 Å². The van der Waals surface area contributed by atoms with Crippen LogP contribution >= 0.6 is 0 Å². The van der Waals surface area contributed by atoms with E-state index in [0.717, 1.165) is 0 Å². The van der Waals surface area contributed by atoms with Crippen molar-refractivity contribution in [2.24, 2.45) is 0 Å². The quantitative estimate of drug-likeness (QED) is 0.822. The number of hydrogen-bond donors (Lipinski definition) is 1. The van der Waals surface area contributed by atoms with Crippen molar-refractivity contribution >= 4 is 25.4 Å². The van der Waals surface area contributed by atoms with Gasteiger partial charge in [-0.15, -0.1) is 0 Å². The zero-order valence-corrected chi connectivity index (χ0v) is 12.7. The normalized spacial score (nSPS) is 12.3. The summed E-state index contributed by atoms with van der Waals surface area (Å²) in [6, 6.07) is 6.53. The van der Waals surface area contributed by atoms with E-state index >= 15 is 0 Å². The lowest BCUT2D eigenvalue weighted by atomic mass is 10.3. The fourth-order valence-electron chi connectivity index (χ4n) is 1.52. The molecule has 1 N–H and O–H groups in total. The Kier molecular flexibility index (Phi) is 5.37. The number of rotatable bonds is 7. The average Bonchev–Trinajstić information content (AvgIpc) is 2.39. The van der Waals surface area contributed by atoms with Crippen LogP contribution in [-0.4, -0.2) is 40.6 Å². The molecule has 0 heterocycles. The Bertz CT molecular complexity index is 621. The van der Waals surface area contributed by atoms with Crippen LogP contribution in [0.3, 0.4) is 0 Å². The lowest BCUT2D eigenvalue weighted by Gasteiger charge is -2.11. The van der Waals surface area contributed by atoms with E-state index in [2.05, 4.69) is 5.32 Å². The molecular formula is C12H19NO4S2. The molecule has 1 rings (SSSR count). The number of hydrogen-bond acceptors (Lipinski definition) is 5. The van der Waals surface area contributed by atoms with Gasteiger partial charge in [-0.3, -0.25) is 0 Å². The van der Waals surface area contributed by atoms with Crippen LogP contribution in [0.2, 0.25) is 0 Å². The van der Waals surface area contributed by atoms with E-state index in [-0.39, 0.29) is 28.7 Å². The van der Waals surface area contributed by atoms with E-state index in [1.165, 1.54) is 6.07 Å².